The molecule has 0 saturated heterocycles. The van der Waals surface area contributed by atoms with Crippen molar-refractivity contribution in [2.45, 2.75) is 37.8 Å². The lowest BCUT2D eigenvalue weighted by molar-refractivity contribution is 0.0697. The lowest BCUT2D eigenvalue weighted by atomic mass is 9.96. The average molecular weight is 494 g/mol. The molecular formula is C30H27N3O4. The van der Waals surface area contributed by atoms with Gasteiger partial charge in [0, 0.05) is 23.3 Å². The van der Waals surface area contributed by atoms with Crippen molar-refractivity contribution in [3.05, 3.63) is 110 Å². The van der Waals surface area contributed by atoms with E-state index in [0.717, 1.165) is 29.7 Å². The summed E-state index contributed by atoms with van der Waals surface area (Å²) in [6.07, 6.45) is 5.31. The topological polar surface area (TPSA) is 98.6 Å². The first kappa shape index (κ1) is 23.1. The quantitative estimate of drug-likeness (QED) is 0.396. The van der Waals surface area contributed by atoms with Crippen LogP contribution >= 0.6 is 0 Å². The molecule has 2 atom stereocenters. The third kappa shape index (κ3) is 3.88. The van der Waals surface area contributed by atoms with Crippen LogP contribution < -0.4 is 21.0 Å². The van der Waals surface area contributed by atoms with Gasteiger partial charge >= 0.3 is 5.97 Å². The van der Waals surface area contributed by atoms with Gasteiger partial charge < -0.3 is 15.1 Å². The van der Waals surface area contributed by atoms with Crippen molar-refractivity contribution < 1.29 is 15.0 Å². The summed E-state index contributed by atoms with van der Waals surface area (Å²) >= 11 is 0. The van der Waals surface area contributed by atoms with Gasteiger partial charge in [-0.2, -0.15) is 0 Å². The van der Waals surface area contributed by atoms with E-state index in [4.69, 9.17) is 5.11 Å². The molecule has 2 aliphatic rings. The summed E-state index contributed by atoms with van der Waals surface area (Å²) in [4.78, 5) is 26.8. The number of anilines is 2. The minimum atomic E-state index is -1.01. The van der Waals surface area contributed by atoms with Gasteiger partial charge in [-0.25, -0.2) is 9.48 Å². The Morgan fingerprint density at radius 1 is 1.03 bits per heavy atom. The van der Waals surface area contributed by atoms with E-state index in [-0.39, 0.29) is 17.7 Å². The number of aromatic carboxylic acids is 1. The largest absolute Gasteiger partial charge is 0.478 e. The SMILES string of the molecule is C=c1[nH]n(-c2ccc(C(=O)O)cc2)c(=O)/c1=C\c1ccc2c(c1)C1CCCC1N2c1ccc(CO)cc1. The van der Waals surface area contributed by atoms with Gasteiger partial charge in [0.1, 0.15) is 0 Å². The highest BCUT2D eigenvalue weighted by atomic mass is 16.4. The van der Waals surface area contributed by atoms with Gasteiger partial charge in [0.15, 0.2) is 0 Å². The molecule has 2 unspecified atom stereocenters. The van der Waals surface area contributed by atoms with Gasteiger partial charge in [-0.1, -0.05) is 31.2 Å². The molecule has 7 heteroatoms. The fourth-order valence-electron chi connectivity index (χ4n) is 5.81. The standard InChI is InChI=1S/C30H27N3O4/c1-18-25(29(35)33(31-18)23-12-8-21(9-13-23)30(36)37)15-20-7-14-28-26(16-20)24-3-2-4-27(24)32(28)22-10-5-19(17-34)6-11-22/h5-16,24,27,31,34H,1-4,17H2,(H,36,37)/b25-15-. The molecule has 1 aromatic heterocycles. The number of aromatic nitrogens is 2. The van der Waals surface area contributed by atoms with Crippen molar-refractivity contribution in [3.8, 4) is 5.69 Å². The number of aromatic amines is 1. The summed E-state index contributed by atoms with van der Waals surface area (Å²) in [7, 11) is 0. The molecule has 7 nitrogen and oxygen atoms in total. The molecule has 2 heterocycles. The Morgan fingerprint density at radius 3 is 2.46 bits per heavy atom. The third-order valence-corrected chi connectivity index (χ3v) is 7.61. The number of nitrogens with one attached hydrogen (secondary N) is 1. The average Bonchev–Trinajstić information content (AvgIpc) is 3.58. The predicted molar refractivity (Wildman–Crippen MR) is 143 cm³/mol. The summed E-state index contributed by atoms with van der Waals surface area (Å²) in [5, 5.41) is 22.5. The Kier molecular flexibility index (Phi) is 5.57. The van der Waals surface area contributed by atoms with Crippen molar-refractivity contribution >= 4 is 30.0 Å². The highest BCUT2D eigenvalue weighted by Gasteiger charge is 2.42. The van der Waals surface area contributed by atoms with Crippen LogP contribution in [0.4, 0.5) is 11.4 Å². The maximum Gasteiger partial charge on any atom is 0.335 e. The summed E-state index contributed by atoms with van der Waals surface area (Å²) in [5.41, 5.74) is 5.94. The number of carboxylic acid groups (broad SMARTS) is 1. The summed E-state index contributed by atoms with van der Waals surface area (Å²) in [6, 6.07) is 21.0. The molecule has 1 fully saturated rings. The van der Waals surface area contributed by atoms with Crippen molar-refractivity contribution in [1.29, 1.82) is 0 Å². The van der Waals surface area contributed by atoms with Crippen LogP contribution in [0, 0.1) is 0 Å². The molecule has 3 aromatic carbocycles. The van der Waals surface area contributed by atoms with Gasteiger partial charge in [0.2, 0.25) is 0 Å². The maximum absolute atomic E-state index is 13.2. The minimum Gasteiger partial charge on any atom is -0.478 e. The predicted octanol–water partition coefficient (Wildman–Crippen LogP) is 3.38. The smallest absolute Gasteiger partial charge is 0.335 e. The second kappa shape index (κ2) is 8.94. The van der Waals surface area contributed by atoms with Gasteiger partial charge in [-0.3, -0.25) is 9.89 Å². The summed E-state index contributed by atoms with van der Waals surface area (Å²) in [6.45, 7) is 4.07. The van der Waals surface area contributed by atoms with Crippen LogP contribution in [0.2, 0.25) is 0 Å². The lowest BCUT2D eigenvalue weighted by Gasteiger charge is -2.27. The van der Waals surface area contributed by atoms with Crippen LogP contribution in [0.1, 0.15) is 52.2 Å². The molecule has 37 heavy (non-hydrogen) atoms. The molecule has 0 spiro atoms. The van der Waals surface area contributed by atoms with Gasteiger partial charge in [-0.05, 0) is 84.1 Å². The van der Waals surface area contributed by atoms with Crippen molar-refractivity contribution in [3.63, 3.8) is 0 Å². The first-order valence-electron chi connectivity index (χ1n) is 12.4. The van der Waals surface area contributed by atoms with Crippen LogP contribution in [0.5, 0.6) is 0 Å². The first-order chi connectivity index (χ1) is 17.9. The van der Waals surface area contributed by atoms with Crippen LogP contribution in [0.15, 0.2) is 71.5 Å². The van der Waals surface area contributed by atoms with E-state index < -0.39 is 5.97 Å². The van der Waals surface area contributed by atoms with Crippen LogP contribution in [-0.2, 0) is 6.61 Å². The van der Waals surface area contributed by atoms with E-state index in [1.54, 1.807) is 12.1 Å². The molecule has 3 N–H and O–H groups in total. The Bertz CT molecular complexity index is 1670. The number of benzene rings is 3. The fourth-order valence-corrected chi connectivity index (χ4v) is 5.81. The molecule has 186 valence electrons. The van der Waals surface area contributed by atoms with E-state index in [1.165, 1.54) is 34.5 Å². The van der Waals surface area contributed by atoms with Gasteiger partial charge in [0.25, 0.3) is 5.56 Å². The monoisotopic (exact) mass is 493 g/mol. The third-order valence-electron chi connectivity index (χ3n) is 7.61. The fraction of sp³-hybridized carbons (Fsp3) is 0.200. The molecule has 1 aliphatic heterocycles. The minimum absolute atomic E-state index is 0.0326. The highest BCUT2D eigenvalue weighted by molar-refractivity contribution is 5.87. The molecule has 0 bridgehead atoms. The Labute approximate surface area is 213 Å². The van der Waals surface area contributed by atoms with Crippen molar-refractivity contribution in [1.82, 2.24) is 9.78 Å². The lowest BCUT2D eigenvalue weighted by Crippen LogP contribution is -2.33. The molecular weight excluding hydrogens is 466 g/mol. The van der Waals surface area contributed by atoms with Crippen LogP contribution in [0.3, 0.4) is 0 Å². The van der Waals surface area contributed by atoms with E-state index in [1.807, 2.05) is 24.3 Å². The van der Waals surface area contributed by atoms with Crippen molar-refractivity contribution in [2.75, 3.05) is 4.90 Å². The van der Waals surface area contributed by atoms with E-state index in [9.17, 15) is 14.7 Å². The first-order valence-corrected chi connectivity index (χ1v) is 12.4. The number of fused-ring (bicyclic) bond motifs is 3. The molecule has 6 rings (SSSR count). The normalized spacial score (nSPS) is 18.7. The molecule has 1 saturated carbocycles. The Balaban J connectivity index is 1.39. The summed E-state index contributed by atoms with van der Waals surface area (Å²) < 4.78 is 1.39. The van der Waals surface area contributed by atoms with Gasteiger partial charge in [-0.15, -0.1) is 0 Å². The number of hydrogen-bond donors (Lipinski definition) is 3. The second-order valence-electron chi connectivity index (χ2n) is 9.76. The van der Waals surface area contributed by atoms with Crippen LogP contribution in [-0.4, -0.2) is 32.0 Å². The van der Waals surface area contributed by atoms with E-state index >= 15 is 0 Å². The zero-order chi connectivity index (χ0) is 25.7. The number of aliphatic hydroxyl groups excluding tert-OH is 1. The zero-order valence-corrected chi connectivity index (χ0v) is 20.2. The van der Waals surface area contributed by atoms with Crippen LogP contribution in [0.25, 0.3) is 18.3 Å². The zero-order valence-electron chi connectivity index (χ0n) is 20.2. The maximum atomic E-state index is 13.2. The Morgan fingerprint density at radius 2 is 1.76 bits per heavy atom. The van der Waals surface area contributed by atoms with Crippen molar-refractivity contribution in [2.24, 2.45) is 0 Å². The number of H-pyrrole nitrogens is 1. The van der Waals surface area contributed by atoms with E-state index in [2.05, 4.69) is 40.8 Å². The number of rotatable bonds is 5. The highest BCUT2D eigenvalue weighted by Crippen LogP contribution is 2.52. The number of carboxylic acids is 1. The number of nitrogens with zero attached hydrogens (tertiary/aromatic N) is 2. The van der Waals surface area contributed by atoms with E-state index in [0.29, 0.717) is 28.2 Å². The number of aliphatic hydroxyl groups is 1. The molecule has 0 amide bonds. The number of carbonyl (C=O) groups is 1. The van der Waals surface area contributed by atoms with Gasteiger partial charge in [0.05, 0.1) is 28.4 Å². The number of hydrogen-bond acceptors (Lipinski definition) is 4. The Hall–Kier alpha value is -4.36. The second-order valence-corrected chi connectivity index (χ2v) is 9.76. The summed E-state index contributed by atoms with van der Waals surface area (Å²) in [5.74, 6) is -0.574. The molecule has 1 aliphatic carbocycles. The molecule has 0 radical (unpaired) electrons. The molecule has 4 aromatic rings.